The van der Waals surface area contributed by atoms with Gasteiger partial charge in [0.15, 0.2) is 5.60 Å². The van der Waals surface area contributed by atoms with Gasteiger partial charge in [0, 0.05) is 26.2 Å². The van der Waals surface area contributed by atoms with E-state index in [1.807, 2.05) is 35.2 Å². The van der Waals surface area contributed by atoms with Crippen molar-refractivity contribution in [2.75, 3.05) is 19.6 Å². The fraction of sp³-hybridized carbons (Fsp3) is 0.435. The number of amides is 1. The molecule has 1 aliphatic heterocycles. The molecular weight excluding hydrogens is 336 g/mol. The van der Waals surface area contributed by atoms with E-state index in [2.05, 4.69) is 36.5 Å². The number of nitrogens with zero attached hydrogens (tertiary/aromatic N) is 1. The van der Waals surface area contributed by atoms with Crippen molar-refractivity contribution in [2.45, 2.75) is 44.8 Å². The van der Waals surface area contributed by atoms with E-state index in [0.717, 1.165) is 25.8 Å². The Morgan fingerprint density at radius 2 is 1.85 bits per heavy atom. The number of aryl methyl sites for hydroxylation is 2. The first kappa shape index (κ1) is 19.6. The Balaban J connectivity index is 1.49. The molecule has 0 aromatic heterocycles. The average molecular weight is 367 g/mol. The number of aliphatic hydroxyl groups is 1. The lowest BCUT2D eigenvalue weighted by Gasteiger charge is -2.38. The maximum atomic E-state index is 12.8. The zero-order valence-electron chi connectivity index (χ0n) is 16.2. The Bertz CT molecular complexity index is 747. The van der Waals surface area contributed by atoms with Gasteiger partial charge in [0.25, 0.3) is 5.91 Å². The third-order valence-electron chi connectivity index (χ3n) is 5.43. The first-order valence-electron chi connectivity index (χ1n) is 9.89. The molecule has 144 valence electrons. The van der Waals surface area contributed by atoms with Crippen LogP contribution in [0.15, 0.2) is 54.6 Å². The lowest BCUT2D eigenvalue weighted by molar-refractivity contribution is -0.156. The standard InChI is InChI=1S/C23H30N2O2/c1-19-9-5-6-13-21(19)17-24-18-23(27)14-8-16-25(22(23)26)15-7-12-20-10-3-2-4-11-20/h2-6,9-11,13,24,27H,7-8,12,14-18H2,1H3/t23-/m1/s1. The third-order valence-corrected chi connectivity index (χ3v) is 5.43. The van der Waals surface area contributed by atoms with Gasteiger partial charge in [0.1, 0.15) is 0 Å². The molecule has 1 fully saturated rings. The Morgan fingerprint density at radius 3 is 2.63 bits per heavy atom. The highest BCUT2D eigenvalue weighted by atomic mass is 16.3. The molecule has 4 heteroatoms. The summed E-state index contributed by atoms with van der Waals surface area (Å²) < 4.78 is 0. The molecule has 1 heterocycles. The van der Waals surface area contributed by atoms with E-state index in [-0.39, 0.29) is 5.91 Å². The van der Waals surface area contributed by atoms with Crippen LogP contribution in [0.2, 0.25) is 0 Å². The number of benzene rings is 2. The number of rotatable bonds is 8. The van der Waals surface area contributed by atoms with Crippen LogP contribution in [0, 0.1) is 6.92 Å². The molecule has 0 unspecified atom stereocenters. The minimum atomic E-state index is -1.28. The minimum absolute atomic E-state index is 0.126. The van der Waals surface area contributed by atoms with Crippen LogP contribution in [0.25, 0.3) is 0 Å². The van der Waals surface area contributed by atoms with Gasteiger partial charge in [-0.2, -0.15) is 0 Å². The van der Waals surface area contributed by atoms with Crippen LogP contribution in [-0.2, 0) is 17.8 Å². The highest BCUT2D eigenvalue weighted by Gasteiger charge is 2.41. The molecule has 3 rings (SSSR count). The predicted molar refractivity (Wildman–Crippen MR) is 108 cm³/mol. The van der Waals surface area contributed by atoms with Crippen LogP contribution < -0.4 is 5.32 Å². The maximum absolute atomic E-state index is 12.8. The normalized spacial score (nSPS) is 20.1. The summed E-state index contributed by atoms with van der Waals surface area (Å²) in [4.78, 5) is 14.7. The summed E-state index contributed by atoms with van der Waals surface area (Å²) in [5.74, 6) is -0.126. The Labute approximate surface area is 162 Å². The van der Waals surface area contributed by atoms with Crippen LogP contribution in [0.1, 0.15) is 36.0 Å². The number of carbonyl (C=O) groups excluding carboxylic acids is 1. The molecule has 1 amide bonds. The molecule has 1 saturated heterocycles. The number of nitrogens with one attached hydrogen (secondary N) is 1. The van der Waals surface area contributed by atoms with Crippen molar-refractivity contribution in [3.8, 4) is 0 Å². The first-order valence-corrected chi connectivity index (χ1v) is 9.89. The fourth-order valence-electron chi connectivity index (χ4n) is 3.77. The van der Waals surface area contributed by atoms with Crippen LogP contribution in [0.4, 0.5) is 0 Å². The average Bonchev–Trinajstić information content (AvgIpc) is 2.68. The molecule has 0 aliphatic carbocycles. The second-order valence-electron chi connectivity index (χ2n) is 7.55. The lowest BCUT2D eigenvalue weighted by Crippen LogP contribution is -2.58. The fourth-order valence-corrected chi connectivity index (χ4v) is 3.77. The third kappa shape index (κ3) is 5.18. The number of hydrogen-bond donors (Lipinski definition) is 2. The molecular formula is C23H30N2O2. The quantitative estimate of drug-likeness (QED) is 0.755. The summed E-state index contributed by atoms with van der Waals surface area (Å²) in [6.07, 6.45) is 3.25. The Hall–Kier alpha value is -2.17. The molecule has 0 bridgehead atoms. The second kappa shape index (κ2) is 9.16. The molecule has 0 saturated carbocycles. The summed E-state index contributed by atoms with van der Waals surface area (Å²) in [6.45, 7) is 4.49. The molecule has 2 aromatic carbocycles. The molecule has 2 aromatic rings. The minimum Gasteiger partial charge on any atom is -0.379 e. The van der Waals surface area contributed by atoms with Crippen LogP contribution in [0.3, 0.4) is 0 Å². The van der Waals surface area contributed by atoms with Gasteiger partial charge in [-0.3, -0.25) is 4.79 Å². The van der Waals surface area contributed by atoms with E-state index >= 15 is 0 Å². The summed E-state index contributed by atoms with van der Waals surface area (Å²) in [6, 6.07) is 18.5. The van der Waals surface area contributed by atoms with E-state index in [4.69, 9.17) is 0 Å². The van der Waals surface area contributed by atoms with Crippen molar-refractivity contribution in [3.05, 3.63) is 71.3 Å². The molecule has 0 spiro atoms. The highest BCUT2D eigenvalue weighted by molar-refractivity contribution is 5.86. The van der Waals surface area contributed by atoms with Crippen LogP contribution in [-0.4, -0.2) is 41.1 Å². The predicted octanol–water partition coefficient (Wildman–Crippen LogP) is 3.07. The number of likely N-dealkylation sites (tertiary alicyclic amines) is 1. The summed E-state index contributed by atoms with van der Waals surface area (Å²) in [5.41, 5.74) is 2.42. The van der Waals surface area contributed by atoms with Gasteiger partial charge in [-0.15, -0.1) is 0 Å². The van der Waals surface area contributed by atoms with Crippen molar-refractivity contribution < 1.29 is 9.90 Å². The zero-order chi connectivity index (χ0) is 19.1. The van der Waals surface area contributed by atoms with E-state index in [1.165, 1.54) is 16.7 Å². The van der Waals surface area contributed by atoms with Gasteiger partial charge < -0.3 is 15.3 Å². The van der Waals surface area contributed by atoms with Crippen molar-refractivity contribution in [3.63, 3.8) is 0 Å². The molecule has 4 nitrogen and oxygen atoms in total. The number of hydrogen-bond acceptors (Lipinski definition) is 3. The van der Waals surface area contributed by atoms with Crippen molar-refractivity contribution in [1.29, 1.82) is 0 Å². The summed E-state index contributed by atoms with van der Waals surface area (Å²) >= 11 is 0. The highest BCUT2D eigenvalue weighted by Crippen LogP contribution is 2.23. The largest absolute Gasteiger partial charge is 0.379 e. The van der Waals surface area contributed by atoms with Gasteiger partial charge >= 0.3 is 0 Å². The number of carbonyl (C=O) groups is 1. The SMILES string of the molecule is Cc1ccccc1CNC[C@]1(O)CCCN(CCCc2ccccc2)C1=O. The van der Waals surface area contributed by atoms with E-state index in [9.17, 15) is 9.90 Å². The Kier molecular flexibility index (Phi) is 6.64. The molecule has 27 heavy (non-hydrogen) atoms. The molecule has 1 aliphatic rings. The van der Waals surface area contributed by atoms with Gasteiger partial charge in [-0.05, 0) is 49.3 Å². The van der Waals surface area contributed by atoms with Gasteiger partial charge in [0.2, 0.25) is 0 Å². The zero-order valence-corrected chi connectivity index (χ0v) is 16.2. The van der Waals surface area contributed by atoms with Crippen molar-refractivity contribution in [1.82, 2.24) is 10.2 Å². The van der Waals surface area contributed by atoms with Crippen LogP contribution in [0.5, 0.6) is 0 Å². The van der Waals surface area contributed by atoms with Crippen LogP contribution >= 0.6 is 0 Å². The van der Waals surface area contributed by atoms with Gasteiger partial charge in [-0.1, -0.05) is 54.6 Å². The lowest BCUT2D eigenvalue weighted by atomic mass is 9.91. The summed E-state index contributed by atoms with van der Waals surface area (Å²) in [7, 11) is 0. The summed E-state index contributed by atoms with van der Waals surface area (Å²) in [5, 5.41) is 14.2. The van der Waals surface area contributed by atoms with Gasteiger partial charge in [-0.25, -0.2) is 0 Å². The van der Waals surface area contributed by atoms with E-state index < -0.39 is 5.60 Å². The van der Waals surface area contributed by atoms with Crippen molar-refractivity contribution in [2.24, 2.45) is 0 Å². The topological polar surface area (TPSA) is 52.6 Å². The first-order chi connectivity index (χ1) is 13.1. The molecule has 2 N–H and O–H groups in total. The van der Waals surface area contributed by atoms with E-state index in [0.29, 0.717) is 26.1 Å². The van der Waals surface area contributed by atoms with Crippen molar-refractivity contribution >= 4 is 5.91 Å². The second-order valence-corrected chi connectivity index (χ2v) is 7.55. The monoisotopic (exact) mass is 366 g/mol. The molecule has 1 atom stereocenters. The number of piperidine rings is 1. The van der Waals surface area contributed by atoms with Gasteiger partial charge in [0.05, 0.1) is 0 Å². The van der Waals surface area contributed by atoms with E-state index in [1.54, 1.807) is 0 Å². The molecule has 0 radical (unpaired) electrons. The Morgan fingerprint density at radius 1 is 1.11 bits per heavy atom. The smallest absolute Gasteiger partial charge is 0.255 e. The maximum Gasteiger partial charge on any atom is 0.255 e.